The van der Waals surface area contributed by atoms with Crippen molar-refractivity contribution >= 4 is 0 Å². The first-order valence-corrected chi connectivity index (χ1v) is 6.90. The zero-order chi connectivity index (χ0) is 13.4. The maximum atomic E-state index is 6.04. The van der Waals surface area contributed by atoms with Crippen molar-refractivity contribution in [3.8, 4) is 0 Å². The van der Waals surface area contributed by atoms with Gasteiger partial charge in [-0.2, -0.15) is 0 Å². The molecule has 0 heterocycles. The van der Waals surface area contributed by atoms with Gasteiger partial charge in [-0.25, -0.2) is 0 Å². The van der Waals surface area contributed by atoms with E-state index < -0.39 is 0 Å². The van der Waals surface area contributed by atoms with Crippen LogP contribution in [0.25, 0.3) is 0 Å². The van der Waals surface area contributed by atoms with Crippen molar-refractivity contribution in [3.63, 3.8) is 0 Å². The van der Waals surface area contributed by atoms with Crippen LogP contribution in [0.3, 0.4) is 0 Å². The van der Waals surface area contributed by atoms with Crippen LogP contribution >= 0.6 is 0 Å². The lowest BCUT2D eigenvalue weighted by Crippen LogP contribution is -2.24. The highest BCUT2D eigenvalue weighted by molar-refractivity contribution is 5.17. The Hall–Kier alpha value is -0.860. The zero-order valence-corrected chi connectivity index (χ0v) is 12.2. The van der Waals surface area contributed by atoms with Gasteiger partial charge in [0.05, 0.1) is 6.10 Å². The van der Waals surface area contributed by atoms with Gasteiger partial charge in [0.1, 0.15) is 0 Å². The largest absolute Gasteiger partial charge is 0.372 e. The van der Waals surface area contributed by atoms with Crippen LogP contribution in [0.1, 0.15) is 45.8 Å². The van der Waals surface area contributed by atoms with Crippen LogP contribution < -0.4 is 5.32 Å². The van der Waals surface area contributed by atoms with E-state index in [2.05, 4.69) is 57.3 Å². The van der Waals surface area contributed by atoms with Gasteiger partial charge in [0.15, 0.2) is 0 Å². The van der Waals surface area contributed by atoms with Gasteiger partial charge >= 0.3 is 0 Å². The molecule has 0 aliphatic heterocycles. The maximum absolute atomic E-state index is 6.04. The first-order valence-electron chi connectivity index (χ1n) is 6.90. The number of rotatable bonds is 7. The van der Waals surface area contributed by atoms with E-state index in [1.54, 1.807) is 0 Å². The molecule has 1 atom stereocenters. The van der Waals surface area contributed by atoms with Crippen LogP contribution in [0.15, 0.2) is 30.3 Å². The van der Waals surface area contributed by atoms with Crippen LogP contribution in [-0.2, 0) is 4.74 Å². The van der Waals surface area contributed by atoms with Gasteiger partial charge in [-0.1, -0.05) is 58.0 Å². The maximum Gasteiger partial charge on any atom is 0.0949 e. The fourth-order valence-corrected chi connectivity index (χ4v) is 1.72. The molecule has 0 spiro atoms. The topological polar surface area (TPSA) is 21.3 Å². The Kier molecular flexibility index (Phi) is 6.37. The summed E-state index contributed by atoms with van der Waals surface area (Å²) in [4.78, 5) is 0. The van der Waals surface area contributed by atoms with E-state index in [1.807, 2.05) is 6.07 Å². The Bertz CT molecular complexity index is 316. The van der Waals surface area contributed by atoms with Crippen molar-refractivity contribution in [2.24, 2.45) is 5.41 Å². The molecule has 1 aromatic rings. The van der Waals surface area contributed by atoms with E-state index in [-0.39, 0.29) is 6.10 Å². The highest BCUT2D eigenvalue weighted by Crippen LogP contribution is 2.22. The minimum absolute atomic E-state index is 0.161. The molecule has 1 rings (SSSR count). The van der Waals surface area contributed by atoms with Crippen LogP contribution in [0.2, 0.25) is 0 Å². The predicted octanol–water partition coefficient (Wildman–Crippen LogP) is 3.79. The minimum Gasteiger partial charge on any atom is -0.372 e. The summed E-state index contributed by atoms with van der Waals surface area (Å²) in [6, 6.07) is 10.5. The molecule has 0 radical (unpaired) electrons. The van der Waals surface area contributed by atoms with Crippen LogP contribution in [-0.4, -0.2) is 19.7 Å². The molecule has 102 valence electrons. The third-order valence-electron chi connectivity index (χ3n) is 2.92. The first-order chi connectivity index (χ1) is 8.53. The van der Waals surface area contributed by atoms with Crippen molar-refractivity contribution in [2.75, 3.05) is 19.7 Å². The molecule has 1 N–H and O–H groups in total. The van der Waals surface area contributed by atoms with Gasteiger partial charge in [0, 0.05) is 13.2 Å². The number of likely N-dealkylation sites (N-methyl/N-ethyl adjacent to an activating group) is 1. The molecule has 0 aliphatic carbocycles. The van der Waals surface area contributed by atoms with E-state index in [0.717, 1.165) is 26.1 Å². The van der Waals surface area contributed by atoms with E-state index in [1.165, 1.54) is 5.56 Å². The lowest BCUT2D eigenvalue weighted by atomic mass is 9.93. The third-order valence-corrected chi connectivity index (χ3v) is 2.92. The molecule has 2 nitrogen and oxygen atoms in total. The molecule has 0 fully saturated rings. The molecule has 0 amide bonds. The molecule has 2 heteroatoms. The summed E-state index contributed by atoms with van der Waals surface area (Å²) in [6.07, 6.45) is 1.25. The number of nitrogens with one attached hydrogen (secondary N) is 1. The van der Waals surface area contributed by atoms with Crippen molar-refractivity contribution < 1.29 is 4.74 Å². The number of hydrogen-bond donors (Lipinski definition) is 1. The minimum atomic E-state index is 0.161. The summed E-state index contributed by atoms with van der Waals surface area (Å²) in [6.45, 7) is 11.5. The summed E-state index contributed by atoms with van der Waals surface area (Å²) < 4.78 is 6.04. The first kappa shape index (κ1) is 15.2. The monoisotopic (exact) mass is 249 g/mol. The van der Waals surface area contributed by atoms with Crippen molar-refractivity contribution in [3.05, 3.63) is 35.9 Å². The van der Waals surface area contributed by atoms with E-state index >= 15 is 0 Å². The molecule has 0 aromatic heterocycles. The molecular formula is C16H27NO. The molecule has 0 saturated heterocycles. The van der Waals surface area contributed by atoms with E-state index in [0.29, 0.717) is 5.41 Å². The fraction of sp³-hybridized carbons (Fsp3) is 0.625. The quantitative estimate of drug-likeness (QED) is 0.794. The second-order valence-electron chi connectivity index (χ2n) is 5.89. The lowest BCUT2D eigenvalue weighted by Gasteiger charge is -2.22. The molecule has 0 aliphatic rings. The Labute approximate surface area is 112 Å². The van der Waals surface area contributed by atoms with Gasteiger partial charge in [0.2, 0.25) is 0 Å². The second kappa shape index (κ2) is 7.55. The second-order valence-corrected chi connectivity index (χ2v) is 5.89. The van der Waals surface area contributed by atoms with Gasteiger partial charge < -0.3 is 10.1 Å². The molecule has 1 aromatic carbocycles. The van der Waals surface area contributed by atoms with Gasteiger partial charge in [-0.05, 0) is 23.9 Å². The Morgan fingerprint density at radius 3 is 2.39 bits per heavy atom. The van der Waals surface area contributed by atoms with Crippen molar-refractivity contribution in [1.29, 1.82) is 0 Å². The number of ether oxygens (including phenoxy) is 1. The standard InChI is InChI=1S/C16H27NO/c1-5-17-13-15(14-9-7-6-8-10-14)18-12-11-16(2,3)4/h6-10,15,17H,5,11-13H2,1-4H3. The van der Waals surface area contributed by atoms with E-state index in [9.17, 15) is 0 Å². The Morgan fingerprint density at radius 2 is 1.83 bits per heavy atom. The molecular weight excluding hydrogens is 222 g/mol. The molecule has 0 saturated carbocycles. The smallest absolute Gasteiger partial charge is 0.0949 e. The van der Waals surface area contributed by atoms with Crippen LogP contribution in [0.4, 0.5) is 0 Å². The Balaban J connectivity index is 2.51. The summed E-state index contributed by atoms with van der Waals surface area (Å²) in [5, 5.41) is 3.37. The highest BCUT2D eigenvalue weighted by Gasteiger charge is 2.14. The third kappa shape index (κ3) is 6.18. The summed E-state index contributed by atoms with van der Waals surface area (Å²) in [5.41, 5.74) is 1.59. The Morgan fingerprint density at radius 1 is 1.17 bits per heavy atom. The lowest BCUT2D eigenvalue weighted by molar-refractivity contribution is 0.0373. The summed E-state index contributed by atoms with van der Waals surface area (Å²) >= 11 is 0. The highest BCUT2D eigenvalue weighted by atomic mass is 16.5. The normalized spacial score (nSPS) is 13.6. The number of hydrogen-bond acceptors (Lipinski definition) is 2. The van der Waals surface area contributed by atoms with Crippen molar-refractivity contribution in [2.45, 2.75) is 40.2 Å². The van der Waals surface area contributed by atoms with Crippen LogP contribution in [0, 0.1) is 5.41 Å². The number of benzene rings is 1. The average Bonchev–Trinajstić information content (AvgIpc) is 2.33. The summed E-state index contributed by atoms with van der Waals surface area (Å²) in [5.74, 6) is 0. The van der Waals surface area contributed by atoms with Crippen molar-refractivity contribution in [1.82, 2.24) is 5.32 Å². The zero-order valence-electron chi connectivity index (χ0n) is 12.2. The molecule has 1 unspecified atom stereocenters. The van der Waals surface area contributed by atoms with Gasteiger partial charge in [0.25, 0.3) is 0 Å². The molecule has 0 bridgehead atoms. The SMILES string of the molecule is CCNCC(OCCC(C)(C)C)c1ccccc1. The predicted molar refractivity (Wildman–Crippen MR) is 77.8 cm³/mol. The fourth-order valence-electron chi connectivity index (χ4n) is 1.72. The van der Waals surface area contributed by atoms with Gasteiger partial charge in [-0.3, -0.25) is 0 Å². The average molecular weight is 249 g/mol. The van der Waals surface area contributed by atoms with Gasteiger partial charge in [-0.15, -0.1) is 0 Å². The van der Waals surface area contributed by atoms with E-state index in [4.69, 9.17) is 4.74 Å². The molecule has 18 heavy (non-hydrogen) atoms. The van der Waals surface area contributed by atoms with Crippen LogP contribution in [0.5, 0.6) is 0 Å². The summed E-state index contributed by atoms with van der Waals surface area (Å²) in [7, 11) is 0.